The highest BCUT2D eigenvalue weighted by Gasteiger charge is 2.22. The van der Waals surface area contributed by atoms with Crippen molar-refractivity contribution in [2.75, 3.05) is 26.7 Å². The highest BCUT2D eigenvalue weighted by Crippen LogP contribution is 2.04. The van der Waals surface area contributed by atoms with Gasteiger partial charge in [0.2, 0.25) is 24.1 Å². The van der Waals surface area contributed by atoms with Gasteiger partial charge in [0.05, 0.1) is 13.1 Å². The number of amides is 4. The van der Waals surface area contributed by atoms with E-state index in [4.69, 9.17) is 0 Å². The van der Waals surface area contributed by atoms with E-state index in [1.807, 2.05) is 44.3 Å². The summed E-state index contributed by atoms with van der Waals surface area (Å²) in [5.74, 6) is -1.23. The third-order valence-corrected chi connectivity index (χ3v) is 4.42. The number of hydrogen-bond donors (Lipinski definition) is 5. The third-order valence-electron chi connectivity index (χ3n) is 4.42. The average Bonchev–Trinajstić information content (AvgIpc) is 2.74. The van der Waals surface area contributed by atoms with Gasteiger partial charge in [0.25, 0.3) is 0 Å². The number of benzene rings is 1. The van der Waals surface area contributed by atoms with Gasteiger partial charge in [-0.1, -0.05) is 36.8 Å². The van der Waals surface area contributed by atoms with E-state index in [0.29, 0.717) is 6.41 Å². The smallest absolute Gasteiger partial charge is 0.243 e. The second-order valence-electron chi connectivity index (χ2n) is 7.09. The molecule has 0 bridgehead atoms. The number of carbonyl (C=O) groups excluding carboxylic acids is 4. The van der Waals surface area contributed by atoms with Gasteiger partial charge in [0.1, 0.15) is 6.04 Å². The van der Waals surface area contributed by atoms with Crippen LogP contribution in [0, 0.1) is 0 Å². The summed E-state index contributed by atoms with van der Waals surface area (Å²) < 4.78 is 0. The summed E-state index contributed by atoms with van der Waals surface area (Å²) in [4.78, 5) is 47.0. The molecule has 166 valence electrons. The molecule has 30 heavy (non-hydrogen) atoms. The minimum absolute atomic E-state index is 0.0143. The summed E-state index contributed by atoms with van der Waals surface area (Å²) >= 11 is 0. The molecule has 1 aromatic rings. The van der Waals surface area contributed by atoms with Gasteiger partial charge in [-0.05, 0) is 38.9 Å². The zero-order valence-corrected chi connectivity index (χ0v) is 17.7. The lowest BCUT2D eigenvalue weighted by Gasteiger charge is -2.19. The van der Waals surface area contributed by atoms with E-state index in [2.05, 4.69) is 26.6 Å². The molecule has 9 nitrogen and oxygen atoms in total. The molecule has 0 saturated carbocycles. The van der Waals surface area contributed by atoms with E-state index in [-0.39, 0.29) is 31.5 Å². The van der Waals surface area contributed by atoms with E-state index in [9.17, 15) is 19.2 Å². The Kier molecular flexibility index (Phi) is 12.5. The molecule has 0 saturated heterocycles. The lowest BCUT2D eigenvalue weighted by atomic mass is 10.1. The lowest BCUT2D eigenvalue weighted by Crippen LogP contribution is -2.52. The molecule has 9 heteroatoms. The minimum atomic E-state index is -0.861. The summed E-state index contributed by atoms with van der Waals surface area (Å²) in [6.45, 7) is 2.46. The Balaban J connectivity index is 2.53. The standard InChI is InChI=1S/C21H33N5O4/c1-16(8-6-7-11-22-2)25-20(29)14-24-21(30)18(26-19(28)13-23-15-27)12-17-9-4-3-5-10-17/h3-5,9-10,15-16,18,22H,6-8,11-14H2,1-2H3,(H,23,27)(H,24,30)(H,25,29)(H,26,28). The third kappa shape index (κ3) is 11.2. The zero-order chi connectivity index (χ0) is 22.2. The highest BCUT2D eigenvalue weighted by atomic mass is 16.2. The Morgan fingerprint density at radius 3 is 2.37 bits per heavy atom. The molecule has 0 spiro atoms. The number of unbranched alkanes of at least 4 members (excludes halogenated alkanes) is 1. The van der Waals surface area contributed by atoms with Crippen LogP contribution in [-0.2, 0) is 25.6 Å². The molecule has 0 aliphatic carbocycles. The zero-order valence-electron chi connectivity index (χ0n) is 17.7. The molecule has 0 radical (unpaired) electrons. The van der Waals surface area contributed by atoms with E-state index in [1.54, 1.807) is 0 Å². The summed E-state index contributed by atoms with van der Waals surface area (Å²) in [7, 11) is 1.90. The molecule has 4 amide bonds. The number of carbonyl (C=O) groups is 4. The normalized spacial score (nSPS) is 12.3. The fourth-order valence-electron chi connectivity index (χ4n) is 2.88. The van der Waals surface area contributed by atoms with E-state index in [0.717, 1.165) is 31.4 Å². The Hall–Kier alpha value is -2.94. The summed E-state index contributed by atoms with van der Waals surface area (Å²) in [6.07, 6.45) is 3.57. The summed E-state index contributed by atoms with van der Waals surface area (Å²) in [5.41, 5.74) is 0.862. The minimum Gasteiger partial charge on any atom is -0.352 e. The van der Waals surface area contributed by atoms with Crippen LogP contribution in [-0.4, -0.2) is 62.9 Å². The van der Waals surface area contributed by atoms with Gasteiger partial charge in [-0.2, -0.15) is 0 Å². The largest absolute Gasteiger partial charge is 0.352 e. The van der Waals surface area contributed by atoms with Gasteiger partial charge in [-0.25, -0.2) is 0 Å². The average molecular weight is 420 g/mol. The van der Waals surface area contributed by atoms with Crippen LogP contribution in [0.3, 0.4) is 0 Å². The van der Waals surface area contributed by atoms with Crippen molar-refractivity contribution in [1.29, 1.82) is 0 Å². The second-order valence-corrected chi connectivity index (χ2v) is 7.09. The molecular formula is C21H33N5O4. The molecule has 0 aromatic heterocycles. The van der Waals surface area contributed by atoms with Crippen LogP contribution in [0.4, 0.5) is 0 Å². The fourth-order valence-corrected chi connectivity index (χ4v) is 2.88. The van der Waals surface area contributed by atoms with Crippen molar-refractivity contribution in [3.8, 4) is 0 Å². The van der Waals surface area contributed by atoms with Gasteiger partial charge in [0, 0.05) is 12.5 Å². The van der Waals surface area contributed by atoms with Crippen LogP contribution in [0.2, 0.25) is 0 Å². The van der Waals surface area contributed by atoms with Gasteiger partial charge >= 0.3 is 0 Å². The first-order chi connectivity index (χ1) is 14.5. The Labute approximate surface area is 177 Å². The predicted molar refractivity (Wildman–Crippen MR) is 115 cm³/mol. The second kappa shape index (κ2) is 15.0. The van der Waals surface area contributed by atoms with Crippen molar-refractivity contribution in [3.05, 3.63) is 35.9 Å². The Morgan fingerprint density at radius 2 is 1.70 bits per heavy atom. The molecule has 5 N–H and O–H groups in total. The van der Waals surface area contributed by atoms with Crippen molar-refractivity contribution >= 4 is 24.1 Å². The first-order valence-corrected chi connectivity index (χ1v) is 10.2. The quantitative estimate of drug-likeness (QED) is 0.193. The molecule has 0 aliphatic rings. The van der Waals surface area contributed by atoms with Crippen LogP contribution >= 0.6 is 0 Å². The number of nitrogens with one attached hydrogen (secondary N) is 5. The number of hydrogen-bond acceptors (Lipinski definition) is 5. The maximum atomic E-state index is 12.6. The van der Waals surface area contributed by atoms with Crippen molar-refractivity contribution in [2.45, 2.75) is 44.7 Å². The lowest BCUT2D eigenvalue weighted by molar-refractivity contribution is -0.130. The van der Waals surface area contributed by atoms with E-state index in [1.165, 1.54) is 0 Å². The molecule has 1 rings (SSSR count). The van der Waals surface area contributed by atoms with Crippen LogP contribution in [0.25, 0.3) is 0 Å². The van der Waals surface area contributed by atoms with Crippen LogP contribution < -0.4 is 26.6 Å². The summed E-state index contributed by atoms with van der Waals surface area (Å²) in [6, 6.07) is 8.38. The SMILES string of the molecule is CNCCCCC(C)NC(=O)CNC(=O)C(Cc1ccccc1)NC(=O)CNC=O. The molecule has 0 heterocycles. The van der Waals surface area contributed by atoms with E-state index >= 15 is 0 Å². The molecule has 0 aliphatic heterocycles. The van der Waals surface area contributed by atoms with Gasteiger partial charge in [-0.3, -0.25) is 19.2 Å². The van der Waals surface area contributed by atoms with Gasteiger partial charge in [0.15, 0.2) is 0 Å². The Bertz CT molecular complexity index is 669. The van der Waals surface area contributed by atoms with Crippen LogP contribution in [0.5, 0.6) is 0 Å². The Morgan fingerprint density at radius 1 is 1.00 bits per heavy atom. The topological polar surface area (TPSA) is 128 Å². The van der Waals surface area contributed by atoms with E-state index < -0.39 is 17.9 Å². The predicted octanol–water partition coefficient (Wildman–Crippen LogP) is -0.529. The monoisotopic (exact) mass is 419 g/mol. The highest BCUT2D eigenvalue weighted by molar-refractivity contribution is 5.91. The molecule has 1 aromatic carbocycles. The van der Waals surface area contributed by atoms with Gasteiger partial charge < -0.3 is 26.6 Å². The maximum Gasteiger partial charge on any atom is 0.243 e. The number of rotatable bonds is 15. The van der Waals surface area contributed by atoms with Crippen molar-refractivity contribution in [3.63, 3.8) is 0 Å². The van der Waals surface area contributed by atoms with Crippen molar-refractivity contribution < 1.29 is 19.2 Å². The van der Waals surface area contributed by atoms with Crippen LogP contribution in [0.15, 0.2) is 30.3 Å². The van der Waals surface area contributed by atoms with Crippen LogP contribution in [0.1, 0.15) is 31.7 Å². The molecular weight excluding hydrogens is 386 g/mol. The first kappa shape index (κ1) is 25.1. The fraction of sp³-hybridized carbons (Fsp3) is 0.524. The van der Waals surface area contributed by atoms with Crippen molar-refractivity contribution in [1.82, 2.24) is 26.6 Å². The van der Waals surface area contributed by atoms with Crippen molar-refractivity contribution in [2.24, 2.45) is 0 Å². The molecule has 2 atom stereocenters. The molecule has 2 unspecified atom stereocenters. The summed E-state index contributed by atoms with van der Waals surface area (Å²) in [5, 5.41) is 13.4. The van der Waals surface area contributed by atoms with Gasteiger partial charge in [-0.15, -0.1) is 0 Å². The maximum absolute atomic E-state index is 12.6. The molecule has 0 fully saturated rings. The first-order valence-electron chi connectivity index (χ1n) is 10.2.